The van der Waals surface area contributed by atoms with Gasteiger partial charge in [0.1, 0.15) is 10.9 Å². The van der Waals surface area contributed by atoms with Crippen molar-refractivity contribution in [2.45, 2.75) is 32.4 Å². The van der Waals surface area contributed by atoms with Crippen LogP contribution in [0.5, 0.6) is 0 Å². The molecule has 1 atom stereocenters. The van der Waals surface area contributed by atoms with Gasteiger partial charge in [-0.05, 0) is 50.5 Å². The molecular weight excluding hydrogens is 464 g/mol. The number of anilines is 2. The van der Waals surface area contributed by atoms with E-state index in [2.05, 4.69) is 14.7 Å². The number of amides is 3. The highest BCUT2D eigenvalue weighted by Crippen LogP contribution is 2.36. The number of H-pyrrole nitrogens is 1. The van der Waals surface area contributed by atoms with Crippen molar-refractivity contribution in [1.82, 2.24) is 14.7 Å². The summed E-state index contributed by atoms with van der Waals surface area (Å²) in [5.41, 5.74) is 12.5. The number of primary amides is 1. The lowest BCUT2D eigenvalue weighted by molar-refractivity contribution is -0.123. The van der Waals surface area contributed by atoms with Crippen LogP contribution in [0.4, 0.5) is 11.4 Å². The second kappa shape index (κ2) is 9.22. The number of nitrogens with zero attached hydrogens (tertiary/aromatic N) is 2. The van der Waals surface area contributed by atoms with Gasteiger partial charge in [-0.2, -0.15) is 4.37 Å². The minimum absolute atomic E-state index is 0.0241. The number of aromatic amines is 1. The number of carbonyl (C=O) groups is 3. The van der Waals surface area contributed by atoms with E-state index in [1.165, 1.54) is 4.90 Å². The molecule has 0 aliphatic heterocycles. The fraction of sp³-hybridized carbons (Fsp3) is 0.200. The van der Waals surface area contributed by atoms with Crippen molar-refractivity contribution in [1.29, 1.82) is 0 Å². The van der Waals surface area contributed by atoms with Crippen LogP contribution in [0, 0.1) is 0 Å². The van der Waals surface area contributed by atoms with Crippen LogP contribution in [0.25, 0.3) is 10.9 Å². The van der Waals surface area contributed by atoms with Crippen LogP contribution < -0.4 is 21.7 Å². The van der Waals surface area contributed by atoms with Crippen molar-refractivity contribution in [2.24, 2.45) is 5.73 Å². The fourth-order valence-electron chi connectivity index (χ4n) is 3.87. The molecule has 0 saturated carbocycles. The lowest BCUT2D eigenvalue weighted by Crippen LogP contribution is -2.49. The number of nitrogens with two attached hydrogens (primary N) is 2. The minimum atomic E-state index is -1.06. The average Bonchev–Trinajstić information content (AvgIpc) is 3.40. The van der Waals surface area contributed by atoms with Gasteiger partial charge in [0, 0.05) is 33.9 Å². The second-order valence-corrected chi connectivity index (χ2v) is 9.85. The van der Waals surface area contributed by atoms with E-state index in [0.717, 1.165) is 22.4 Å². The predicted molar refractivity (Wildman–Crippen MR) is 137 cm³/mol. The van der Waals surface area contributed by atoms with Crippen LogP contribution in [-0.2, 0) is 4.79 Å². The molecule has 1 unspecified atom stereocenters. The summed E-state index contributed by atoms with van der Waals surface area (Å²) < 4.78 is 3.98. The van der Waals surface area contributed by atoms with Crippen LogP contribution in [0.3, 0.4) is 0 Å². The van der Waals surface area contributed by atoms with E-state index in [1.54, 1.807) is 30.5 Å². The molecule has 0 saturated heterocycles. The number of benzene rings is 2. The molecule has 180 valence electrons. The van der Waals surface area contributed by atoms with Gasteiger partial charge in [0.2, 0.25) is 5.91 Å². The van der Waals surface area contributed by atoms with Crippen molar-refractivity contribution in [3.8, 4) is 0 Å². The minimum Gasteiger partial charge on any atom is -0.395 e. The SMILES string of the molecule is CC(C)(C)NC(=O)C(c1c[nH]c2ccccc12)N(C(=O)c1snc(C(N)=O)c1N)c1ccccc1. The summed E-state index contributed by atoms with van der Waals surface area (Å²) in [5.74, 6) is -1.78. The molecule has 2 aromatic heterocycles. The maximum absolute atomic E-state index is 14.0. The monoisotopic (exact) mass is 490 g/mol. The molecule has 0 spiro atoms. The third-order valence-corrected chi connectivity index (χ3v) is 6.18. The Kier molecular flexibility index (Phi) is 6.31. The maximum Gasteiger partial charge on any atom is 0.273 e. The zero-order valence-electron chi connectivity index (χ0n) is 19.5. The van der Waals surface area contributed by atoms with Gasteiger partial charge >= 0.3 is 0 Å². The molecule has 0 aliphatic rings. The smallest absolute Gasteiger partial charge is 0.273 e. The Balaban J connectivity index is 1.94. The lowest BCUT2D eigenvalue weighted by atomic mass is 10.00. The number of aromatic nitrogens is 2. The molecule has 0 aliphatic carbocycles. The van der Waals surface area contributed by atoms with E-state index in [4.69, 9.17) is 11.5 Å². The largest absolute Gasteiger partial charge is 0.395 e. The van der Waals surface area contributed by atoms with Crippen molar-refractivity contribution in [3.63, 3.8) is 0 Å². The van der Waals surface area contributed by atoms with E-state index in [9.17, 15) is 14.4 Å². The van der Waals surface area contributed by atoms with Crippen molar-refractivity contribution in [3.05, 3.63) is 76.9 Å². The van der Waals surface area contributed by atoms with E-state index in [0.29, 0.717) is 11.3 Å². The van der Waals surface area contributed by atoms with Crippen LogP contribution >= 0.6 is 11.5 Å². The molecule has 0 bridgehead atoms. The molecule has 35 heavy (non-hydrogen) atoms. The van der Waals surface area contributed by atoms with Crippen LogP contribution in [0.15, 0.2) is 60.8 Å². The van der Waals surface area contributed by atoms with E-state index in [1.807, 2.05) is 51.1 Å². The van der Waals surface area contributed by atoms with Crippen molar-refractivity contribution < 1.29 is 14.4 Å². The summed E-state index contributed by atoms with van der Waals surface area (Å²) >= 11 is 0.772. The molecular formula is C25H26N6O3S. The van der Waals surface area contributed by atoms with Crippen molar-refractivity contribution in [2.75, 3.05) is 10.6 Å². The van der Waals surface area contributed by atoms with Crippen LogP contribution in [0.1, 0.15) is 52.5 Å². The Morgan fingerprint density at radius 2 is 1.71 bits per heavy atom. The van der Waals surface area contributed by atoms with E-state index >= 15 is 0 Å². The Bertz CT molecular complexity index is 1400. The number of para-hydroxylation sites is 2. The van der Waals surface area contributed by atoms with Gasteiger partial charge in [0.05, 0.1) is 5.69 Å². The second-order valence-electron chi connectivity index (χ2n) is 9.08. The fourth-order valence-corrected chi connectivity index (χ4v) is 4.61. The maximum atomic E-state index is 14.0. The summed E-state index contributed by atoms with van der Waals surface area (Å²) in [6.45, 7) is 5.60. The molecule has 3 amide bonds. The molecule has 2 heterocycles. The zero-order chi connectivity index (χ0) is 25.3. The van der Waals surface area contributed by atoms with Gasteiger partial charge in [-0.1, -0.05) is 36.4 Å². The number of hydrogen-bond donors (Lipinski definition) is 4. The Morgan fingerprint density at radius 3 is 2.34 bits per heavy atom. The number of fused-ring (bicyclic) bond motifs is 1. The van der Waals surface area contributed by atoms with E-state index in [-0.39, 0.29) is 22.2 Å². The number of nitrogens with one attached hydrogen (secondary N) is 2. The summed E-state index contributed by atoms with van der Waals surface area (Å²) in [6.07, 6.45) is 1.73. The summed E-state index contributed by atoms with van der Waals surface area (Å²) in [4.78, 5) is 44.1. The summed E-state index contributed by atoms with van der Waals surface area (Å²) in [6, 6.07) is 15.3. The molecule has 10 heteroatoms. The highest BCUT2D eigenvalue weighted by molar-refractivity contribution is 7.09. The molecule has 9 nitrogen and oxygen atoms in total. The Hall–Kier alpha value is -4.18. The normalized spacial score (nSPS) is 12.3. The predicted octanol–water partition coefficient (Wildman–Crippen LogP) is 3.61. The third-order valence-electron chi connectivity index (χ3n) is 5.33. The molecule has 6 N–H and O–H groups in total. The third kappa shape index (κ3) is 4.73. The first-order valence-electron chi connectivity index (χ1n) is 10.9. The molecule has 4 rings (SSSR count). The first-order chi connectivity index (χ1) is 16.6. The summed E-state index contributed by atoms with van der Waals surface area (Å²) in [5, 5.41) is 3.80. The quantitative estimate of drug-likeness (QED) is 0.326. The first kappa shape index (κ1) is 24.0. The average molecular weight is 491 g/mol. The summed E-state index contributed by atoms with van der Waals surface area (Å²) in [7, 11) is 0. The van der Waals surface area contributed by atoms with Gasteiger partial charge in [-0.25, -0.2) is 0 Å². The van der Waals surface area contributed by atoms with Gasteiger partial charge in [0.25, 0.3) is 11.8 Å². The number of carbonyl (C=O) groups excluding carboxylic acids is 3. The lowest BCUT2D eigenvalue weighted by Gasteiger charge is -2.33. The van der Waals surface area contributed by atoms with Gasteiger partial charge in [0.15, 0.2) is 5.69 Å². The standard InChI is InChI=1S/C25H26N6O3S/c1-25(2,3)29-23(33)20(16-13-28-17-12-8-7-11-15(16)17)31(14-9-5-4-6-10-14)24(34)21-18(26)19(22(27)32)30-35-21/h4-13,20,28H,26H2,1-3H3,(H2,27,32)(H,29,33). The van der Waals surface area contributed by atoms with Gasteiger partial charge in [-0.15, -0.1) is 0 Å². The molecule has 4 aromatic rings. The van der Waals surface area contributed by atoms with E-state index < -0.39 is 23.4 Å². The Labute approximate surface area is 206 Å². The van der Waals surface area contributed by atoms with Crippen LogP contribution in [-0.4, -0.2) is 32.6 Å². The van der Waals surface area contributed by atoms with Crippen LogP contribution in [0.2, 0.25) is 0 Å². The first-order valence-corrected chi connectivity index (χ1v) is 11.7. The molecule has 0 radical (unpaired) electrons. The van der Waals surface area contributed by atoms with Gasteiger partial charge < -0.3 is 21.8 Å². The molecule has 2 aromatic carbocycles. The van der Waals surface area contributed by atoms with Gasteiger partial charge in [-0.3, -0.25) is 19.3 Å². The highest BCUT2D eigenvalue weighted by atomic mass is 32.1. The van der Waals surface area contributed by atoms with Crippen molar-refractivity contribution >= 4 is 51.5 Å². The highest BCUT2D eigenvalue weighted by Gasteiger charge is 2.38. The molecule has 0 fully saturated rings. The zero-order valence-corrected chi connectivity index (χ0v) is 20.3. The number of hydrogen-bond acceptors (Lipinski definition) is 6. The number of rotatable bonds is 6. The Morgan fingerprint density at radius 1 is 1.06 bits per heavy atom. The number of nitrogen functional groups attached to an aromatic ring is 1. The topological polar surface area (TPSA) is 147 Å².